The third-order valence-electron chi connectivity index (χ3n) is 4.38. The number of aromatic amines is 1. The molecule has 2 amide bonds. The van der Waals surface area contributed by atoms with Crippen LogP contribution in [0.5, 0.6) is 0 Å². The molecule has 1 aromatic rings. The van der Waals surface area contributed by atoms with E-state index in [1.165, 1.54) is 11.2 Å². The lowest BCUT2D eigenvalue weighted by molar-refractivity contribution is -0.149. The van der Waals surface area contributed by atoms with Gasteiger partial charge in [0, 0.05) is 24.9 Å². The van der Waals surface area contributed by atoms with E-state index < -0.39 is 30.0 Å². The molecule has 1 aliphatic heterocycles. The number of imidazole rings is 1. The first-order valence-electron chi connectivity index (χ1n) is 8.49. The van der Waals surface area contributed by atoms with Crippen LogP contribution in [-0.2, 0) is 20.8 Å². The van der Waals surface area contributed by atoms with Crippen LogP contribution in [0.2, 0.25) is 0 Å². The molecule has 0 saturated carbocycles. The van der Waals surface area contributed by atoms with Crippen molar-refractivity contribution in [2.45, 2.75) is 43.8 Å². The molecule has 9 nitrogen and oxygen atoms in total. The Bertz CT molecular complexity index is 624. The summed E-state index contributed by atoms with van der Waals surface area (Å²) < 4.78 is 0. The molecule has 144 valence electrons. The second-order valence-electron chi connectivity index (χ2n) is 6.26. The van der Waals surface area contributed by atoms with Gasteiger partial charge in [-0.3, -0.25) is 9.59 Å². The number of thioether (sulfide) groups is 1. The molecule has 3 atom stereocenters. The van der Waals surface area contributed by atoms with Gasteiger partial charge in [-0.25, -0.2) is 9.78 Å². The number of carboxylic acids is 1. The van der Waals surface area contributed by atoms with E-state index in [1.807, 2.05) is 6.26 Å². The molecule has 0 aromatic carbocycles. The highest BCUT2D eigenvalue weighted by atomic mass is 32.2. The fourth-order valence-electron chi connectivity index (χ4n) is 2.99. The number of H-pyrrole nitrogens is 1. The van der Waals surface area contributed by atoms with Crippen molar-refractivity contribution in [2.24, 2.45) is 5.73 Å². The molecule has 0 spiro atoms. The average molecular weight is 383 g/mol. The number of nitrogens with zero attached hydrogens (tertiary/aromatic N) is 2. The summed E-state index contributed by atoms with van der Waals surface area (Å²) in [7, 11) is 0. The van der Waals surface area contributed by atoms with Gasteiger partial charge in [0.2, 0.25) is 11.8 Å². The number of likely N-dealkylation sites (tertiary alicyclic amines) is 1. The number of rotatable bonds is 9. The Kier molecular flexibility index (Phi) is 7.46. The molecule has 0 bridgehead atoms. The van der Waals surface area contributed by atoms with Crippen LogP contribution in [0.4, 0.5) is 0 Å². The smallest absolute Gasteiger partial charge is 0.326 e. The highest BCUT2D eigenvalue weighted by Gasteiger charge is 2.37. The molecule has 26 heavy (non-hydrogen) atoms. The second kappa shape index (κ2) is 9.58. The van der Waals surface area contributed by atoms with E-state index in [2.05, 4.69) is 15.3 Å². The van der Waals surface area contributed by atoms with Gasteiger partial charge in [-0.2, -0.15) is 11.8 Å². The first-order chi connectivity index (χ1) is 12.4. The third-order valence-corrected chi connectivity index (χ3v) is 5.02. The van der Waals surface area contributed by atoms with Gasteiger partial charge in [0.1, 0.15) is 12.1 Å². The molecular weight excluding hydrogens is 358 g/mol. The predicted molar refractivity (Wildman–Crippen MR) is 97.6 cm³/mol. The van der Waals surface area contributed by atoms with Gasteiger partial charge in [-0.05, 0) is 31.3 Å². The summed E-state index contributed by atoms with van der Waals surface area (Å²) in [5.74, 6) is -1.14. The quantitative estimate of drug-likeness (QED) is 0.454. The summed E-state index contributed by atoms with van der Waals surface area (Å²) >= 11 is 1.55. The van der Waals surface area contributed by atoms with Crippen LogP contribution in [-0.4, -0.2) is 74.4 Å². The van der Waals surface area contributed by atoms with Crippen molar-refractivity contribution in [3.05, 3.63) is 18.2 Å². The van der Waals surface area contributed by atoms with Crippen LogP contribution < -0.4 is 11.1 Å². The van der Waals surface area contributed by atoms with Crippen LogP contribution in [0.3, 0.4) is 0 Å². The highest BCUT2D eigenvalue weighted by Crippen LogP contribution is 2.19. The lowest BCUT2D eigenvalue weighted by Crippen LogP contribution is -2.55. The molecule has 1 aliphatic rings. The molecule has 10 heteroatoms. The number of hydrogen-bond donors (Lipinski definition) is 4. The number of carboxylic acid groups (broad SMARTS) is 1. The van der Waals surface area contributed by atoms with Crippen LogP contribution in [0.25, 0.3) is 0 Å². The van der Waals surface area contributed by atoms with Crippen molar-refractivity contribution < 1.29 is 19.5 Å². The molecule has 1 saturated heterocycles. The number of amides is 2. The zero-order valence-electron chi connectivity index (χ0n) is 14.7. The number of carbonyl (C=O) groups excluding carboxylic acids is 2. The summed E-state index contributed by atoms with van der Waals surface area (Å²) in [5, 5.41) is 12.0. The highest BCUT2D eigenvalue weighted by molar-refractivity contribution is 7.98. The molecule has 5 N–H and O–H groups in total. The standard InChI is InChI=1S/C16H25N5O4S/c1-26-6-4-12(15(23)21-5-2-3-13(21)16(24)25)20-14(22)11(17)7-10-8-18-9-19-10/h8-9,11-13H,2-7,17H2,1H3,(H,18,19)(H,20,22)(H,24,25). The lowest BCUT2D eigenvalue weighted by Gasteiger charge is -2.28. The van der Waals surface area contributed by atoms with Crippen molar-refractivity contribution in [1.82, 2.24) is 20.2 Å². The number of nitrogens with two attached hydrogens (primary N) is 1. The summed E-state index contributed by atoms with van der Waals surface area (Å²) in [6.45, 7) is 0.391. The van der Waals surface area contributed by atoms with Crippen molar-refractivity contribution in [2.75, 3.05) is 18.6 Å². The Balaban J connectivity index is 2.02. The monoisotopic (exact) mass is 383 g/mol. The number of carbonyl (C=O) groups is 3. The third kappa shape index (κ3) is 5.21. The number of hydrogen-bond acceptors (Lipinski definition) is 6. The minimum Gasteiger partial charge on any atom is -0.480 e. The van der Waals surface area contributed by atoms with Crippen molar-refractivity contribution >= 4 is 29.5 Å². The molecule has 2 heterocycles. The Morgan fingerprint density at radius 2 is 2.31 bits per heavy atom. The SMILES string of the molecule is CSCCC(NC(=O)C(N)Cc1cnc[nH]1)C(=O)N1CCCC1C(=O)O. The first-order valence-corrected chi connectivity index (χ1v) is 9.88. The maximum atomic E-state index is 12.8. The number of aliphatic carboxylic acids is 1. The van der Waals surface area contributed by atoms with Gasteiger partial charge >= 0.3 is 5.97 Å². The van der Waals surface area contributed by atoms with Crippen LogP contribution in [0, 0.1) is 0 Å². The summed E-state index contributed by atoms with van der Waals surface area (Å²) in [6.07, 6.45) is 6.77. The lowest BCUT2D eigenvalue weighted by atomic mass is 10.1. The van der Waals surface area contributed by atoms with E-state index in [-0.39, 0.29) is 12.3 Å². The maximum absolute atomic E-state index is 12.8. The van der Waals surface area contributed by atoms with E-state index in [0.29, 0.717) is 31.6 Å². The van der Waals surface area contributed by atoms with Gasteiger partial charge in [0.15, 0.2) is 0 Å². The van der Waals surface area contributed by atoms with Crippen molar-refractivity contribution in [1.29, 1.82) is 0 Å². The topological polar surface area (TPSA) is 141 Å². The fourth-order valence-corrected chi connectivity index (χ4v) is 3.46. The van der Waals surface area contributed by atoms with E-state index in [0.717, 1.165) is 5.69 Å². The second-order valence-corrected chi connectivity index (χ2v) is 7.24. The predicted octanol–water partition coefficient (Wildman–Crippen LogP) is -0.407. The Morgan fingerprint density at radius 1 is 1.54 bits per heavy atom. The summed E-state index contributed by atoms with van der Waals surface area (Å²) in [4.78, 5) is 44.7. The van der Waals surface area contributed by atoms with Crippen LogP contribution >= 0.6 is 11.8 Å². The average Bonchev–Trinajstić information content (AvgIpc) is 3.29. The van der Waals surface area contributed by atoms with Gasteiger partial charge in [0.25, 0.3) is 0 Å². The first kappa shape index (κ1) is 20.2. The Labute approximate surface area is 156 Å². The van der Waals surface area contributed by atoms with Gasteiger partial charge in [-0.1, -0.05) is 0 Å². The Hall–Kier alpha value is -2.07. The zero-order valence-corrected chi connectivity index (χ0v) is 15.5. The van der Waals surface area contributed by atoms with Crippen LogP contribution in [0.1, 0.15) is 25.0 Å². The fraction of sp³-hybridized carbons (Fsp3) is 0.625. The van der Waals surface area contributed by atoms with Crippen molar-refractivity contribution in [3.8, 4) is 0 Å². The van der Waals surface area contributed by atoms with Crippen molar-refractivity contribution in [3.63, 3.8) is 0 Å². The van der Waals surface area contributed by atoms with E-state index in [1.54, 1.807) is 18.0 Å². The molecule has 3 unspecified atom stereocenters. The molecule has 1 aromatic heterocycles. The minimum absolute atomic E-state index is 0.275. The summed E-state index contributed by atoms with van der Waals surface area (Å²) in [6, 6.07) is -2.42. The molecule has 0 radical (unpaired) electrons. The van der Waals surface area contributed by atoms with Gasteiger partial charge in [-0.15, -0.1) is 0 Å². The van der Waals surface area contributed by atoms with E-state index in [9.17, 15) is 19.5 Å². The molecule has 1 fully saturated rings. The van der Waals surface area contributed by atoms with E-state index >= 15 is 0 Å². The van der Waals surface area contributed by atoms with Crippen LogP contribution in [0.15, 0.2) is 12.5 Å². The number of aromatic nitrogens is 2. The minimum atomic E-state index is -1.01. The normalized spacial score (nSPS) is 19.2. The molecule has 0 aliphatic carbocycles. The Morgan fingerprint density at radius 3 is 2.92 bits per heavy atom. The van der Waals surface area contributed by atoms with E-state index in [4.69, 9.17) is 5.73 Å². The number of nitrogens with one attached hydrogen (secondary N) is 2. The maximum Gasteiger partial charge on any atom is 0.326 e. The molecule has 2 rings (SSSR count). The summed E-state index contributed by atoms with van der Waals surface area (Å²) in [5.41, 5.74) is 6.66. The van der Waals surface area contributed by atoms with Gasteiger partial charge < -0.3 is 26.0 Å². The zero-order chi connectivity index (χ0) is 19.1. The van der Waals surface area contributed by atoms with Gasteiger partial charge in [0.05, 0.1) is 12.4 Å². The largest absolute Gasteiger partial charge is 0.480 e. The molecular formula is C16H25N5O4S.